The van der Waals surface area contributed by atoms with Gasteiger partial charge in [0.05, 0.1) is 13.2 Å². The maximum absolute atomic E-state index is 13.9. The van der Waals surface area contributed by atoms with Crippen molar-refractivity contribution in [3.05, 3.63) is 83.4 Å². The molecule has 0 aliphatic heterocycles. The Labute approximate surface area is 279 Å². The van der Waals surface area contributed by atoms with Crippen molar-refractivity contribution >= 4 is 5.78 Å². The van der Waals surface area contributed by atoms with Crippen LogP contribution >= 0.6 is 0 Å². The van der Waals surface area contributed by atoms with Gasteiger partial charge in [-0.1, -0.05) is 61.7 Å². The minimum Gasteiger partial charge on any atom is -0.504 e. The highest BCUT2D eigenvalue weighted by Crippen LogP contribution is 2.51. The third kappa shape index (κ3) is 8.12. The van der Waals surface area contributed by atoms with Crippen molar-refractivity contribution in [2.45, 2.75) is 82.1 Å². The van der Waals surface area contributed by atoms with Gasteiger partial charge >= 0.3 is 0 Å². The molecule has 0 heterocycles. The molecular weight excluding hydrogens is 590 g/mol. The molecule has 0 aromatic heterocycles. The maximum Gasteiger partial charge on any atom is 0.160 e. The van der Waals surface area contributed by atoms with Gasteiger partial charge in [-0.3, -0.25) is 4.79 Å². The number of ketones is 1. The third-order valence-electron chi connectivity index (χ3n) is 10.4. The summed E-state index contributed by atoms with van der Waals surface area (Å²) in [4.78, 5) is 13.9. The van der Waals surface area contributed by atoms with E-state index in [0.29, 0.717) is 24.5 Å². The minimum atomic E-state index is -0.934. The number of nitrogens with one attached hydrogen (secondary N) is 1. The first-order valence-electron chi connectivity index (χ1n) is 17.1. The number of hydrogen-bond acceptors (Lipinski definition) is 7. The molecule has 6 atom stereocenters. The van der Waals surface area contributed by atoms with Crippen LogP contribution < -0.4 is 10.1 Å². The molecule has 0 spiro atoms. The van der Waals surface area contributed by atoms with Crippen LogP contribution in [0.2, 0.25) is 0 Å². The summed E-state index contributed by atoms with van der Waals surface area (Å²) in [5.74, 6) is 6.62. The molecule has 0 unspecified atom stereocenters. The summed E-state index contributed by atoms with van der Waals surface area (Å²) < 4.78 is 5.42. The lowest BCUT2D eigenvalue weighted by atomic mass is 9.57. The fourth-order valence-corrected chi connectivity index (χ4v) is 8.01. The lowest BCUT2D eigenvalue weighted by Gasteiger charge is -2.48. The molecule has 2 aliphatic carbocycles. The number of aromatic hydroxyl groups is 3. The average molecular weight is 640 g/mol. The number of ether oxygens (including phenoxy) is 1. The topological polar surface area (TPSA) is 119 Å². The summed E-state index contributed by atoms with van der Waals surface area (Å²) >= 11 is 0. The van der Waals surface area contributed by atoms with E-state index in [1.807, 2.05) is 30.3 Å². The molecule has 3 aromatic rings. The summed E-state index contributed by atoms with van der Waals surface area (Å²) in [6.45, 7) is 3.95. The van der Waals surface area contributed by atoms with Gasteiger partial charge in [-0.05, 0) is 92.1 Å². The van der Waals surface area contributed by atoms with Crippen LogP contribution in [0.15, 0.2) is 66.7 Å². The summed E-state index contributed by atoms with van der Waals surface area (Å²) in [7, 11) is 1.51. The van der Waals surface area contributed by atoms with Crippen molar-refractivity contribution in [1.82, 2.24) is 5.32 Å². The van der Waals surface area contributed by atoms with Crippen molar-refractivity contribution in [3.63, 3.8) is 0 Å². The van der Waals surface area contributed by atoms with E-state index >= 15 is 0 Å². The molecule has 250 valence electrons. The first-order chi connectivity index (χ1) is 22.7. The van der Waals surface area contributed by atoms with Crippen molar-refractivity contribution in [3.8, 4) is 34.8 Å². The molecule has 7 heteroatoms. The SMILES string of the molecule is CCCNC[C@@H]1CCC[C@](c2ccc(O)c(O)c2)([C@@H]2CC#C[C@@H](Cc3ccccc3)[C@H](c3ccc(O)c(OC)c3)CC(=O)C[C@@H]2O)C1. The van der Waals surface area contributed by atoms with Crippen LogP contribution in [0.3, 0.4) is 0 Å². The van der Waals surface area contributed by atoms with Gasteiger partial charge in [-0.15, -0.1) is 5.92 Å². The van der Waals surface area contributed by atoms with Crippen LogP contribution in [0, 0.1) is 29.6 Å². The lowest BCUT2D eigenvalue weighted by Crippen LogP contribution is -2.47. The van der Waals surface area contributed by atoms with Crippen molar-refractivity contribution < 1.29 is 30.0 Å². The van der Waals surface area contributed by atoms with Crippen LogP contribution in [0.5, 0.6) is 23.0 Å². The molecule has 5 N–H and O–H groups in total. The fourth-order valence-electron chi connectivity index (χ4n) is 8.01. The van der Waals surface area contributed by atoms with E-state index in [4.69, 9.17) is 4.74 Å². The van der Waals surface area contributed by atoms with E-state index in [-0.39, 0.29) is 53.6 Å². The zero-order chi connectivity index (χ0) is 33.4. The van der Waals surface area contributed by atoms with E-state index in [1.54, 1.807) is 18.2 Å². The molecule has 5 rings (SSSR count). The van der Waals surface area contributed by atoms with Gasteiger partial charge in [0.25, 0.3) is 0 Å². The highest BCUT2D eigenvalue weighted by atomic mass is 16.5. The number of benzene rings is 3. The normalized spacial score (nSPS) is 26.6. The number of aliphatic hydroxyl groups excluding tert-OH is 1. The number of rotatable bonds is 10. The smallest absolute Gasteiger partial charge is 0.160 e. The largest absolute Gasteiger partial charge is 0.504 e. The highest BCUT2D eigenvalue weighted by molar-refractivity contribution is 5.80. The highest BCUT2D eigenvalue weighted by Gasteiger charge is 2.47. The van der Waals surface area contributed by atoms with E-state index in [1.165, 1.54) is 13.2 Å². The quantitative estimate of drug-likeness (QED) is 0.0962. The van der Waals surface area contributed by atoms with Gasteiger partial charge < -0.3 is 30.5 Å². The molecule has 2 aliphatic rings. The molecule has 7 nitrogen and oxygen atoms in total. The van der Waals surface area contributed by atoms with E-state index in [9.17, 15) is 25.2 Å². The maximum atomic E-state index is 13.9. The standard InChI is InChI=1S/C40H49NO6/c1-3-19-41-26-28-11-8-18-40(25-28,31-15-17-35(43)38(46)22-31)34-13-7-12-29(20-27-9-5-4-6-10-27)33(23-32(42)24-37(34)45)30-14-16-36(44)39(21-30)47-2/h4-6,9-10,14-17,21-22,28-29,33-34,37,41,43-46H,3,8,11,13,18-20,23-26H2,1-2H3/t28-,29+,33-,34-,37+,40+/m1/s1. The van der Waals surface area contributed by atoms with Gasteiger partial charge in [0.2, 0.25) is 0 Å². The summed E-state index contributed by atoms with van der Waals surface area (Å²) in [6, 6.07) is 20.4. The number of hydrogen-bond donors (Lipinski definition) is 5. The molecule has 0 amide bonds. The molecular formula is C40H49NO6. The Morgan fingerprint density at radius 1 is 0.979 bits per heavy atom. The van der Waals surface area contributed by atoms with Crippen LogP contribution in [-0.4, -0.2) is 52.5 Å². The Morgan fingerprint density at radius 2 is 1.77 bits per heavy atom. The van der Waals surface area contributed by atoms with Crippen LogP contribution in [0.4, 0.5) is 0 Å². The molecule has 1 saturated carbocycles. The summed E-state index contributed by atoms with van der Waals surface area (Å²) in [6.07, 6.45) is 4.94. The Bertz CT molecular complexity index is 1560. The molecule has 0 bridgehead atoms. The number of carbonyl (C=O) groups is 1. The number of Topliss-reactive ketones (excluding diaryl/α,β-unsaturated/α-hetero) is 1. The van der Waals surface area contributed by atoms with Gasteiger partial charge in [0.1, 0.15) is 5.78 Å². The fraction of sp³-hybridized carbons (Fsp3) is 0.475. The second-order valence-electron chi connectivity index (χ2n) is 13.5. The average Bonchev–Trinajstić information content (AvgIpc) is 3.07. The molecule has 1 fully saturated rings. The van der Waals surface area contributed by atoms with Crippen LogP contribution in [0.1, 0.15) is 80.9 Å². The van der Waals surface area contributed by atoms with Gasteiger partial charge in [-0.2, -0.15) is 0 Å². The summed E-state index contributed by atoms with van der Waals surface area (Å²) in [5.41, 5.74) is 2.32. The predicted molar refractivity (Wildman–Crippen MR) is 184 cm³/mol. The van der Waals surface area contributed by atoms with E-state index < -0.39 is 11.5 Å². The third-order valence-corrected chi connectivity index (χ3v) is 10.4. The number of phenols is 3. The first kappa shape index (κ1) is 34.3. The Hall–Kier alpha value is -3.99. The number of phenolic OH excluding ortho intramolecular Hbond substituents is 3. The molecule has 0 radical (unpaired) electrons. The molecule has 3 aromatic carbocycles. The predicted octanol–water partition coefficient (Wildman–Crippen LogP) is 6.62. The number of aliphatic hydroxyl groups is 1. The number of methoxy groups -OCH3 is 1. The summed E-state index contributed by atoms with van der Waals surface area (Å²) in [5, 5.41) is 46.6. The van der Waals surface area contributed by atoms with E-state index in [2.05, 4.69) is 36.2 Å². The Morgan fingerprint density at radius 3 is 2.51 bits per heavy atom. The zero-order valence-electron chi connectivity index (χ0n) is 27.6. The Balaban J connectivity index is 1.57. The van der Waals surface area contributed by atoms with E-state index in [0.717, 1.165) is 61.9 Å². The Kier molecular flexibility index (Phi) is 11.5. The lowest BCUT2D eigenvalue weighted by molar-refractivity contribution is -0.123. The minimum absolute atomic E-state index is 0.000684. The second-order valence-corrected chi connectivity index (χ2v) is 13.5. The van der Waals surface area contributed by atoms with Crippen molar-refractivity contribution in [1.29, 1.82) is 0 Å². The van der Waals surface area contributed by atoms with Crippen LogP contribution in [-0.2, 0) is 16.6 Å². The molecule has 47 heavy (non-hydrogen) atoms. The van der Waals surface area contributed by atoms with Gasteiger partial charge in [0.15, 0.2) is 23.0 Å². The second kappa shape index (κ2) is 15.7. The van der Waals surface area contributed by atoms with Gasteiger partial charge in [-0.25, -0.2) is 0 Å². The van der Waals surface area contributed by atoms with Crippen molar-refractivity contribution in [2.24, 2.45) is 17.8 Å². The number of carbonyl (C=O) groups excluding carboxylic acids is 1. The van der Waals surface area contributed by atoms with Crippen LogP contribution in [0.25, 0.3) is 0 Å². The monoisotopic (exact) mass is 639 g/mol. The zero-order valence-corrected chi connectivity index (χ0v) is 27.6. The first-order valence-corrected chi connectivity index (χ1v) is 17.1. The van der Waals surface area contributed by atoms with Crippen molar-refractivity contribution in [2.75, 3.05) is 20.2 Å². The van der Waals surface area contributed by atoms with Gasteiger partial charge in [0, 0.05) is 42.4 Å². The molecule has 0 saturated heterocycles.